The first-order valence-electron chi connectivity index (χ1n) is 4.98. The van der Waals surface area contributed by atoms with E-state index in [1.807, 2.05) is 30.3 Å². The smallest absolute Gasteiger partial charge is 0.253 e. The summed E-state index contributed by atoms with van der Waals surface area (Å²) in [5.41, 5.74) is 6.51. The molecule has 1 aromatic carbocycles. The van der Waals surface area contributed by atoms with Crippen molar-refractivity contribution in [2.24, 2.45) is 5.73 Å². The zero-order valence-electron chi connectivity index (χ0n) is 8.43. The van der Waals surface area contributed by atoms with Gasteiger partial charge in [-0.3, -0.25) is 4.79 Å². The molecule has 4 heteroatoms. The molecule has 1 aliphatic heterocycles. The third kappa shape index (κ3) is 2.00. The van der Waals surface area contributed by atoms with Gasteiger partial charge >= 0.3 is 0 Å². The van der Waals surface area contributed by atoms with Gasteiger partial charge in [0.25, 0.3) is 5.91 Å². The maximum absolute atomic E-state index is 11.7. The SMILES string of the molecule is NCC1COCC(=O)N1c1ccccc1. The maximum atomic E-state index is 11.7. The van der Waals surface area contributed by atoms with Crippen LogP contribution in [-0.4, -0.2) is 31.7 Å². The second kappa shape index (κ2) is 4.42. The number of benzene rings is 1. The van der Waals surface area contributed by atoms with Gasteiger partial charge in [-0.25, -0.2) is 0 Å². The van der Waals surface area contributed by atoms with E-state index in [0.717, 1.165) is 5.69 Å². The van der Waals surface area contributed by atoms with Gasteiger partial charge in [0.05, 0.1) is 12.6 Å². The zero-order valence-corrected chi connectivity index (χ0v) is 8.43. The molecule has 0 aromatic heterocycles. The molecule has 1 fully saturated rings. The second-order valence-corrected chi connectivity index (χ2v) is 3.50. The van der Waals surface area contributed by atoms with Crippen molar-refractivity contribution in [2.75, 3.05) is 24.7 Å². The topological polar surface area (TPSA) is 55.6 Å². The fourth-order valence-corrected chi connectivity index (χ4v) is 1.75. The van der Waals surface area contributed by atoms with Crippen LogP contribution in [0.4, 0.5) is 5.69 Å². The number of rotatable bonds is 2. The molecule has 15 heavy (non-hydrogen) atoms. The molecule has 0 radical (unpaired) electrons. The number of nitrogens with two attached hydrogens (primary N) is 1. The Morgan fingerprint density at radius 2 is 2.13 bits per heavy atom. The van der Waals surface area contributed by atoms with Crippen molar-refractivity contribution in [2.45, 2.75) is 6.04 Å². The Bertz CT molecular complexity index is 340. The number of ether oxygens (including phenoxy) is 1. The lowest BCUT2D eigenvalue weighted by Crippen LogP contribution is -2.53. The largest absolute Gasteiger partial charge is 0.369 e. The highest BCUT2D eigenvalue weighted by Gasteiger charge is 2.28. The van der Waals surface area contributed by atoms with E-state index < -0.39 is 0 Å². The zero-order chi connectivity index (χ0) is 10.7. The molecule has 1 aromatic rings. The van der Waals surface area contributed by atoms with Crippen LogP contribution in [0.25, 0.3) is 0 Å². The number of carbonyl (C=O) groups excluding carboxylic acids is 1. The summed E-state index contributed by atoms with van der Waals surface area (Å²) >= 11 is 0. The number of hydrogen-bond donors (Lipinski definition) is 1. The van der Waals surface area contributed by atoms with E-state index in [1.165, 1.54) is 0 Å². The van der Waals surface area contributed by atoms with Gasteiger partial charge in [0.15, 0.2) is 0 Å². The van der Waals surface area contributed by atoms with E-state index in [9.17, 15) is 4.79 Å². The highest BCUT2D eigenvalue weighted by atomic mass is 16.5. The van der Waals surface area contributed by atoms with Crippen molar-refractivity contribution in [3.8, 4) is 0 Å². The van der Waals surface area contributed by atoms with Crippen molar-refractivity contribution >= 4 is 11.6 Å². The molecule has 0 saturated carbocycles. The minimum absolute atomic E-state index is 0.0251. The van der Waals surface area contributed by atoms with Crippen LogP contribution in [0.1, 0.15) is 0 Å². The van der Waals surface area contributed by atoms with Crippen LogP contribution in [0.2, 0.25) is 0 Å². The first-order chi connectivity index (χ1) is 7.33. The monoisotopic (exact) mass is 206 g/mol. The average Bonchev–Trinajstić information content (AvgIpc) is 2.29. The number of anilines is 1. The predicted molar refractivity (Wildman–Crippen MR) is 57.6 cm³/mol. The quantitative estimate of drug-likeness (QED) is 0.761. The Kier molecular flexibility index (Phi) is 2.99. The van der Waals surface area contributed by atoms with Gasteiger partial charge in [-0.15, -0.1) is 0 Å². The predicted octanol–water partition coefficient (Wildman–Crippen LogP) is 0.377. The van der Waals surface area contributed by atoms with Crippen molar-refractivity contribution in [3.63, 3.8) is 0 Å². The normalized spacial score (nSPS) is 21.8. The van der Waals surface area contributed by atoms with E-state index in [2.05, 4.69) is 0 Å². The van der Waals surface area contributed by atoms with Gasteiger partial charge in [0, 0.05) is 12.2 Å². The lowest BCUT2D eigenvalue weighted by atomic mass is 10.2. The fourth-order valence-electron chi connectivity index (χ4n) is 1.75. The number of carbonyl (C=O) groups is 1. The summed E-state index contributed by atoms with van der Waals surface area (Å²) in [6.45, 7) is 1.07. The third-order valence-electron chi connectivity index (χ3n) is 2.48. The van der Waals surface area contributed by atoms with Crippen molar-refractivity contribution < 1.29 is 9.53 Å². The molecule has 1 saturated heterocycles. The summed E-state index contributed by atoms with van der Waals surface area (Å²) < 4.78 is 5.17. The van der Waals surface area contributed by atoms with Crippen molar-refractivity contribution in [1.29, 1.82) is 0 Å². The lowest BCUT2D eigenvalue weighted by molar-refractivity contribution is -0.127. The Hall–Kier alpha value is -1.39. The molecule has 80 valence electrons. The van der Waals surface area contributed by atoms with Gasteiger partial charge in [-0.1, -0.05) is 18.2 Å². The molecule has 0 spiro atoms. The minimum atomic E-state index is -0.0475. The van der Waals surface area contributed by atoms with Gasteiger partial charge in [-0.05, 0) is 12.1 Å². The molecule has 1 heterocycles. The fraction of sp³-hybridized carbons (Fsp3) is 0.364. The highest BCUT2D eigenvalue weighted by molar-refractivity contribution is 5.95. The Balaban J connectivity index is 2.27. The van der Waals surface area contributed by atoms with E-state index >= 15 is 0 Å². The molecule has 2 rings (SSSR count). The summed E-state index contributed by atoms with van der Waals surface area (Å²) in [5.74, 6) is -0.0251. The minimum Gasteiger partial charge on any atom is -0.369 e. The Labute approximate surface area is 88.6 Å². The molecule has 1 unspecified atom stereocenters. The summed E-state index contributed by atoms with van der Waals surface area (Å²) in [7, 11) is 0. The molecule has 2 N–H and O–H groups in total. The summed E-state index contributed by atoms with van der Waals surface area (Å²) in [6, 6.07) is 9.51. The molecule has 0 aliphatic carbocycles. The third-order valence-corrected chi connectivity index (χ3v) is 2.48. The highest BCUT2D eigenvalue weighted by Crippen LogP contribution is 2.19. The molecule has 1 amide bonds. The van der Waals surface area contributed by atoms with E-state index in [1.54, 1.807) is 4.90 Å². The van der Waals surface area contributed by atoms with E-state index in [-0.39, 0.29) is 18.6 Å². The van der Waals surface area contributed by atoms with Crippen LogP contribution in [-0.2, 0) is 9.53 Å². The van der Waals surface area contributed by atoms with Crippen LogP contribution in [0, 0.1) is 0 Å². The van der Waals surface area contributed by atoms with E-state index in [0.29, 0.717) is 13.2 Å². The molecule has 1 aliphatic rings. The Morgan fingerprint density at radius 1 is 1.40 bits per heavy atom. The molecular weight excluding hydrogens is 192 g/mol. The second-order valence-electron chi connectivity index (χ2n) is 3.50. The van der Waals surface area contributed by atoms with Crippen LogP contribution >= 0.6 is 0 Å². The molecular formula is C11H14N2O2. The lowest BCUT2D eigenvalue weighted by Gasteiger charge is -2.34. The van der Waals surface area contributed by atoms with Crippen LogP contribution in [0.5, 0.6) is 0 Å². The summed E-state index contributed by atoms with van der Waals surface area (Å²) in [6.07, 6.45) is 0. The van der Waals surface area contributed by atoms with E-state index in [4.69, 9.17) is 10.5 Å². The average molecular weight is 206 g/mol. The first kappa shape index (κ1) is 10.1. The number of amides is 1. The summed E-state index contributed by atoms with van der Waals surface area (Å²) in [4.78, 5) is 13.4. The standard InChI is InChI=1S/C11H14N2O2/c12-6-10-7-15-8-11(14)13(10)9-4-2-1-3-5-9/h1-5,10H,6-8,12H2. The number of hydrogen-bond acceptors (Lipinski definition) is 3. The first-order valence-corrected chi connectivity index (χ1v) is 4.98. The van der Waals surface area contributed by atoms with Gasteiger partial charge in [0.1, 0.15) is 6.61 Å². The van der Waals surface area contributed by atoms with Crippen LogP contribution < -0.4 is 10.6 Å². The molecule has 0 bridgehead atoms. The molecule has 4 nitrogen and oxygen atoms in total. The number of morpholine rings is 1. The Morgan fingerprint density at radius 3 is 2.80 bits per heavy atom. The van der Waals surface area contributed by atoms with Gasteiger partial charge in [-0.2, -0.15) is 0 Å². The van der Waals surface area contributed by atoms with Crippen molar-refractivity contribution in [1.82, 2.24) is 0 Å². The van der Waals surface area contributed by atoms with Gasteiger partial charge < -0.3 is 15.4 Å². The van der Waals surface area contributed by atoms with Gasteiger partial charge in [0.2, 0.25) is 0 Å². The maximum Gasteiger partial charge on any atom is 0.253 e. The number of nitrogens with zero attached hydrogens (tertiary/aromatic N) is 1. The van der Waals surface area contributed by atoms with Crippen molar-refractivity contribution in [3.05, 3.63) is 30.3 Å². The summed E-state index contributed by atoms with van der Waals surface area (Å²) in [5, 5.41) is 0. The molecule has 1 atom stereocenters. The van der Waals surface area contributed by atoms with Crippen LogP contribution in [0.15, 0.2) is 30.3 Å². The van der Waals surface area contributed by atoms with Crippen LogP contribution in [0.3, 0.4) is 0 Å². The number of para-hydroxylation sites is 1.